The predicted molar refractivity (Wildman–Crippen MR) is 111 cm³/mol. The van der Waals surface area contributed by atoms with Crippen molar-refractivity contribution in [3.05, 3.63) is 90.1 Å². The summed E-state index contributed by atoms with van der Waals surface area (Å²) >= 11 is 0. The fourth-order valence-corrected chi connectivity index (χ4v) is 5.58. The minimum absolute atomic E-state index is 0.307. The maximum atomic E-state index is 13.6. The van der Waals surface area contributed by atoms with Crippen LogP contribution in [-0.2, 0) is 19.5 Å². The summed E-state index contributed by atoms with van der Waals surface area (Å²) in [6.45, 7) is 0. The fourth-order valence-electron chi connectivity index (χ4n) is 4.07. The van der Waals surface area contributed by atoms with Crippen molar-refractivity contribution in [1.82, 2.24) is 4.98 Å². The molecule has 148 valence electrons. The number of aromatic nitrogens is 1. The smallest absolute Gasteiger partial charge is 0.391 e. The topological polar surface area (TPSA) is 89.7 Å². The first-order valence-electron chi connectivity index (χ1n) is 9.36. The van der Waals surface area contributed by atoms with E-state index in [1.54, 1.807) is 48.7 Å². The van der Waals surface area contributed by atoms with E-state index in [0.717, 1.165) is 10.9 Å². The van der Waals surface area contributed by atoms with E-state index in [2.05, 4.69) is 10.3 Å². The molecule has 2 N–H and O–H groups in total. The lowest BCUT2D eigenvalue weighted by molar-refractivity contribution is -0.128. The van der Waals surface area contributed by atoms with Gasteiger partial charge in [0.1, 0.15) is 0 Å². The largest absolute Gasteiger partial charge is 0.589 e. The summed E-state index contributed by atoms with van der Waals surface area (Å²) in [5.41, 5.74) is 0.754. The van der Waals surface area contributed by atoms with E-state index in [0.29, 0.717) is 28.3 Å². The summed E-state index contributed by atoms with van der Waals surface area (Å²) in [6, 6.07) is 21.4. The molecule has 0 radical (unpaired) electrons. The number of benzene rings is 3. The Bertz CT molecular complexity index is 1350. The number of rotatable bonds is 3. The normalized spacial score (nSPS) is 20.9. The van der Waals surface area contributed by atoms with Crippen molar-refractivity contribution in [2.45, 2.75) is 5.60 Å². The van der Waals surface area contributed by atoms with Crippen molar-refractivity contribution >= 4 is 30.3 Å². The van der Waals surface area contributed by atoms with Gasteiger partial charge in [0.25, 0.3) is 5.91 Å². The molecule has 2 aliphatic rings. The Labute approximate surface area is 171 Å². The number of phosphoric ester groups is 1. The third-order valence-electron chi connectivity index (χ3n) is 5.36. The maximum Gasteiger partial charge on any atom is 0.589 e. The summed E-state index contributed by atoms with van der Waals surface area (Å²) in [7, 11) is -4.15. The van der Waals surface area contributed by atoms with Crippen LogP contribution < -0.4 is 14.4 Å². The number of carbonyl (C=O) groups is 1. The number of anilines is 1. The minimum Gasteiger partial charge on any atom is -0.391 e. The van der Waals surface area contributed by atoms with Gasteiger partial charge in [-0.1, -0.05) is 48.5 Å². The van der Waals surface area contributed by atoms with Gasteiger partial charge in [0.2, 0.25) is 5.60 Å². The van der Waals surface area contributed by atoms with Gasteiger partial charge in [-0.15, -0.1) is 0 Å². The van der Waals surface area contributed by atoms with Crippen LogP contribution in [-0.4, -0.2) is 10.9 Å². The van der Waals surface area contributed by atoms with E-state index in [9.17, 15) is 9.36 Å². The monoisotopic (exact) mass is 418 g/mol. The molecule has 0 saturated carbocycles. The first-order chi connectivity index (χ1) is 14.6. The van der Waals surface area contributed by atoms with E-state index in [1.165, 1.54) is 0 Å². The zero-order chi connectivity index (χ0) is 20.3. The number of hydrogen-bond donors (Lipinski definition) is 2. The van der Waals surface area contributed by atoms with Gasteiger partial charge in [-0.2, -0.15) is 0 Å². The Morgan fingerprint density at radius 2 is 1.50 bits per heavy atom. The molecule has 0 spiro atoms. The Morgan fingerprint density at radius 3 is 2.30 bits per heavy atom. The number of carbonyl (C=O) groups excluding carboxylic acids is 1. The molecule has 30 heavy (non-hydrogen) atoms. The minimum atomic E-state index is -4.15. The molecule has 0 aliphatic carbocycles. The van der Waals surface area contributed by atoms with Gasteiger partial charge in [0.15, 0.2) is 11.5 Å². The summed E-state index contributed by atoms with van der Waals surface area (Å²) in [5, 5.41) is 3.61. The lowest BCUT2D eigenvalue weighted by Gasteiger charge is -2.28. The second kappa shape index (κ2) is 5.98. The number of H-pyrrole nitrogens is 1. The Morgan fingerprint density at radius 1 is 0.833 bits per heavy atom. The number of amides is 1. The van der Waals surface area contributed by atoms with Crippen molar-refractivity contribution in [3.8, 4) is 11.5 Å². The fraction of sp³-hybridized carbons (Fsp3) is 0.0455. The molecule has 6 rings (SSSR count). The van der Waals surface area contributed by atoms with Crippen LogP contribution in [0.2, 0.25) is 0 Å². The van der Waals surface area contributed by atoms with Crippen LogP contribution in [0, 0.1) is 0 Å². The maximum absolute atomic E-state index is 13.6. The van der Waals surface area contributed by atoms with E-state index >= 15 is 0 Å². The highest BCUT2D eigenvalue weighted by molar-refractivity contribution is 7.49. The lowest BCUT2D eigenvalue weighted by atomic mass is 9.87. The van der Waals surface area contributed by atoms with Crippen LogP contribution in [0.3, 0.4) is 0 Å². The number of nitrogens with one attached hydrogen (secondary N) is 2. The molecule has 0 fully saturated rings. The van der Waals surface area contributed by atoms with E-state index in [1.807, 2.05) is 30.3 Å². The number of para-hydroxylation sites is 4. The van der Waals surface area contributed by atoms with Crippen molar-refractivity contribution in [2.24, 2.45) is 0 Å². The zero-order valence-electron chi connectivity index (χ0n) is 15.5. The second-order valence-corrected chi connectivity index (χ2v) is 8.54. The van der Waals surface area contributed by atoms with Gasteiger partial charge >= 0.3 is 7.82 Å². The number of hydrogen-bond acceptors (Lipinski definition) is 5. The number of fused-ring (bicyclic) bond motifs is 3. The first kappa shape index (κ1) is 17.3. The van der Waals surface area contributed by atoms with Gasteiger partial charge in [-0.05, 0) is 24.3 Å². The second-order valence-electron chi connectivity index (χ2n) is 7.10. The predicted octanol–water partition coefficient (Wildman–Crippen LogP) is 4.96. The molecule has 0 bridgehead atoms. The summed E-state index contributed by atoms with van der Waals surface area (Å²) in [5.74, 6) is 0.148. The highest BCUT2D eigenvalue weighted by Gasteiger charge is 2.58. The molecule has 2 aliphatic heterocycles. The Kier molecular flexibility index (Phi) is 3.46. The Hall–Kier alpha value is -3.54. The van der Waals surface area contributed by atoms with Crippen LogP contribution in [0.1, 0.15) is 11.1 Å². The molecule has 1 amide bonds. The third-order valence-corrected chi connectivity index (χ3v) is 6.70. The van der Waals surface area contributed by atoms with Crippen LogP contribution in [0.25, 0.3) is 10.9 Å². The summed E-state index contributed by atoms with van der Waals surface area (Å²) < 4.78 is 30.8. The standard InChI is InChI=1S/C22H15N2O5P/c25-21-22(15-8-2-4-10-18(15)24-21,16-13-23-17-9-3-1-7-14(16)17)29-30(26)27-19-11-5-6-12-20(19)28-30/h1-13,23H,(H,24,25). The molecule has 1 atom stereocenters. The van der Waals surface area contributed by atoms with Crippen molar-refractivity contribution < 1.29 is 22.9 Å². The van der Waals surface area contributed by atoms with Gasteiger partial charge in [-0.3, -0.25) is 4.79 Å². The van der Waals surface area contributed by atoms with Gasteiger partial charge < -0.3 is 19.3 Å². The molecular weight excluding hydrogens is 403 g/mol. The SMILES string of the molecule is O=C1Nc2ccccc2C1(OP1(=O)Oc2ccccc2O1)c1c[nH]c2ccccc12. The van der Waals surface area contributed by atoms with Crippen molar-refractivity contribution in [1.29, 1.82) is 0 Å². The molecule has 0 saturated heterocycles. The Balaban J connectivity index is 1.57. The van der Waals surface area contributed by atoms with Gasteiger partial charge in [0.05, 0.1) is 0 Å². The van der Waals surface area contributed by atoms with Crippen LogP contribution in [0.4, 0.5) is 5.69 Å². The summed E-state index contributed by atoms with van der Waals surface area (Å²) in [4.78, 5) is 16.6. The average molecular weight is 418 g/mol. The third kappa shape index (κ3) is 2.30. The quantitative estimate of drug-likeness (QED) is 0.459. The van der Waals surface area contributed by atoms with Crippen LogP contribution in [0.15, 0.2) is 79.0 Å². The highest BCUT2D eigenvalue weighted by Crippen LogP contribution is 2.64. The molecule has 1 aromatic heterocycles. The molecule has 8 heteroatoms. The number of phosphoric acid groups is 1. The van der Waals surface area contributed by atoms with Crippen LogP contribution in [0.5, 0.6) is 11.5 Å². The van der Waals surface area contributed by atoms with E-state index in [4.69, 9.17) is 13.6 Å². The van der Waals surface area contributed by atoms with Crippen LogP contribution >= 0.6 is 7.82 Å². The van der Waals surface area contributed by atoms with E-state index in [-0.39, 0.29) is 0 Å². The zero-order valence-corrected chi connectivity index (χ0v) is 16.4. The average Bonchev–Trinajstić information content (AvgIpc) is 3.40. The van der Waals surface area contributed by atoms with Crippen molar-refractivity contribution in [2.75, 3.05) is 5.32 Å². The molecule has 3 aromatic carbocycles. The highest BCUT2D eigenvalue weighted by atomic mass is 31.2. The lowest BCUT2D eigenvalue weighted by Crippen LogP contribution is -2.38. The first-order valence-corrected chi connectivity index (χ1v) is 10.8. The van der Waals surface area contributed by atoms with Crippen molar-refractivity contribution in [3.63, 3.8) is 0 Å². The molecule has 4 aromatic rings. The summed E-state index contributed by atoms with van der Waals surface area (Å²) in [6.07, 6.45) is 1.70. The number of aromatic amines is 1. The molecule has 1 unspecified atom stereocenters. The molecular formula is C22H15N2O5P. The molecule has 7 nitrogen and oxygen atoms in total. The van der Waals surface area contributed by atoms with Gasteiger partial charge in [-0.25, -0.2) is 9.09 Å². The van der Waals surface area contributed by atoms with E-state index < -0.39 is 19.3 Å². The molecule has 3 heterocycles. The van der Waals surface area contributed by atoms with Gasteiger partial charge in [0, 0.05) is 33.9 Å².